The number of amides is 1. The molecule has 1 amide bonds. The van der Waals surface area contributed by atoms with E-state index in [0.29, 0.717) is 13.1 Å². The van der Waals surface area contributed by atoms with Crippen molar-refractivity contribution in [1.29, 1.82) is 0 Å². The Balaban J connectivity index is 1.54. The molecular weight excluding hydrogens is 326 g/mol. The summed E-state index contributed by atoms with van der Waals surface area (Å²) in [7, 11) is 0. The minimum absolute atomic E-state index is 0.0810. The number of aromatic nitrogens is 1. The van der Waals surface area contributed by atoms with Crippen LogP contribution in [0.3, 0.4) is 0 Å². The van der Waals surface area contributed by atoms with Crippen molar-refractivity contribution in [2.75, 3.05) is 13.1 Å². The van der Waals surface area contributed by atoms with Gasteiger partial charge < -0.3 is 15.0 Å². The van der Waals surface area contributed by atoms with Crippen LogP contribution in [-0.2, 0) is 17.8 Å². The first kappa shape index (κ1) is 18.5. The highest BCUT2D eigenvalue weighted by Gasteiger charge is 2.26. The molecule has 1 fully saturated rings. The second-order valence-corrected chi connectivity index (χ2v) is 7.02. The zero-order chi connectivity index (χ0) is 18.5. The van der Waals surface area contributed by atoms with Gasteiger partial charge in [0, 0.05) is 43.6 Å². The molecule has 2 heterocycles. The van der Waals surface area contributed by atoms with E-state index in [9.17, 15) is 4.79 Å². The summed E-state index contributed by atoms with van der Waals surface area (Å²) < 4.78 is 5.70. The number of aryl methyl sites for hydroxylation is 1. The summed E-state index contributed by atoms with van der Waals surface area (Å²) in [4.78, 5) is 18.9. The van der Waals surface area contributed by atoms with E-state index in [1.165, 1.54) is 5.56 Å². The molecule has 1 aromatic carbocycles. The number of ether oxygens (including phenoxy) is 1. The van der Waals surface area contributed by atoms with E-state index in [-0.39, 0.29) is 18.1 Å². The van der Waals surface area contributed by atoms with E-state index < -0.39 is 0 Å². The lowest BCUT2D eigenvalue weighted by Crippen LogP contribution is -2.48. The number of nitrogens with one attached hydrogen (secondary N) is 1. The molecule has 2 aromatic rings. The fourth-order valence-electron chi connectivity index (χ4n) is 3.34. The van der Waals surface area contributed by atoms with Crippen molar-refractivity contribution >= 4 is 5.91 Å². The molecule has 26 heavy (non-hydrogen) atoms. The van der Waals surface area contributed by atoms with Crippen molar-refractivity contribution in [3.05, 3.63) is 65.0 Å². The summed E-state index contributed by atoms with van der Waals surface area (Å²) in [5, 5.41) is 3.43. The van der Waals surface area contributed by atoms with Gasteiger partial charge in [-0.05, 0) is 50.1 Å². The second-order valence-electron chi connectivity index (χ2n) is 7.02. The molecule has 2 unspecified atom stereocenters. The maximum atomic E-state index is 12.7. The monoisotopic (exact) mass is 353 g/mol. The van der Waals surface area contributed by atoms with Gasteiger partial charge in [0.15, 0.2) is 0 Å². The maximum Gasteiger partial charge on any atom is 0.254 e. The van der Waals surface area contributed by atoms with Gasteiger partial charge in [-0.3, -0.25) is 9.78 Å². The van der Waals surface area contributed by atoms with Crippen molar-refractivity contribution in [3.63, 3.8) is 0 Å². The Labute approximate surface area is 155 Å². The van der Waals surface area contributed by atoms with E-state index in [2.05, 4.69) is 16.4 Å². The Bertz CT molecular complexity index is 735. The van der Waals surface area contributed by atoms with Crippen LogP contribution < -0.4 is 5.32 Å². The lowest BCUT2D eigenvalue weighted by Gasteiger charge is -2.35. The Morgan fingerprint density at radius 2 is 1.85 bits per heavy atom. The van der Waals surface area contributed by atoms with E-state index in [1.54, 1.807) is 0 Å². The molecule has 3 rings (SSSR count). The quantitative estimate of drug-likeness (QED) is 0.898. The fourth-order valence-corrected chi connectivity index (χ4v) is 3.34. The van der Waals surface area contributed by atoms with Crippen LogP contribution in [0.5, 0.6) is 0 Å². The average Bonchev–Trinajstić information content (AvgIpc) is 2.62. The molecular formula is C21H27N3O2. The van der Waals surface area contributed by atoms with Gasteiger partial charge in [-0.2, -0.15) is 0 Å². The lowest BCUT2D eigenvalue weighted by molar-refractivity contribution is -0.0586. The van der Waals surface area contributed by atoms with E-state index >= 15 is 0 Å². The third-order valence-electron chi connectivity index (χ3n) is 4.67. The summed E-state index contributed by atoms with van der Waals surface area (Å²) in [5.41, 5.74) is 4.15. The van der Waals surface area contributed by atoms with E-state index in [4.69, 9.17) is 4.74 Å². The summed E-state index contributed by atoms with van der Waals surface area (Å²) in [6.45, 7) is 8.88. The summed E-state index contributed by atoms with van der Waals surface area (Å²) >= 11 is 0. The van der Waals surface area contributed by atoms with Crippen LogP contribution in [0.1, 0.15) is 41.0 Å². The second kappa shape index (κ2) is 8.43. The topological polar surface area (TPSA) is 54.5 Å². The summed E-state index contributed by atoms with van der Waals surface area (Å²) in [6.07, 6.45) is 1.98. The number of rotatable bonds is 5. The maximum absolute atomic E-state index is 12.7. The zero-order valence-electron chi connectivity index (χ0n) is 15.7. The third-order valence-corrected chi connectivity index (χ3v) is 4.67. The van der Waals surface area contributed by atoms with Crippen LogP contribution in [0, 0.1) is 6.92 Å². The normalized spacial score (nSPS) is 20.2. The third kappa shape index (κ3) is 4.68. The Kier molecular flexibility index (Phi) is 6.01. The van der Waals surface area contributed by atoms with Gasteiger partial charge in [0.25, 0.3) is 5.91 Å². The van der Waals surface area contributed by atoms with Crippen LogP contribution in [0.15, 0.2) is 42.6 Å². The largest absolute Gasteiger partial charge is 0.372 e. The highest BCUT2D eigenvalue weighted by atomic mass is 16.5. The SMILES string of the molecule is Cc1ncccc1CNCc1ccc(C(=O)N2CC(C)OC(C)C2)cc1. The van der Waals surface area contributed by atoms with Gasteiger partial charge in [-0.15, -0.1) is 0 Å². The van der Waals surface area contributed by atoms with Crippen molar-refractivity contribution < 1.29 is 9.53 Å². The van der Waals surface area contributed by atoms with Gasteiger partial charge in [0.05, 0.1) is 12.2 Å². The molecule has 0 radical (unpaired) electrons. The molecule has 0 aliphatic carbocycles. The summed E-state index contributed by atoms with van der Waals surface area (Å²) in [6, 6.07) is 11.9. The minimum atomic E-state index is 0.0810. The molecule has 1 aromatic heterocycles. The van der Waals surface area contributed by atoms with Crippen molar-refractivity contribution in [3.8, 4) is 0 Å². The number of morpholine rings is 1. The van der Waals surface area contributed by atoms with E-state index in [1.807, 2.05) is 62.2 Å². The Morgan fingerprint density at radius 1 is 1.15 bits per heavy atom. The van der Waals surface area contributed by atoms with Crippen LogP contribution in [-0.4, -0.2) is 41.1 Å². The molecule has 0 spiro atoms. The number of carbonyl (C=O) groups excluding carboxylic acids is 1. The molecule has 0 bridgehead atoms. The smallest absolute Gasteiger partial charge is 0.254 e. The van der Waals surface area contributed by atoms with Gasteiger partial charge >= 0.3 is 0 Å². The average molecular weight is 353 g/mol. The molecule has 138 valence electrons. The molecule has 1 aliphatic heterocycles. The highest BCUT2D eigenvalue weighted by molar-refractivity contribution is 5.94. The van der Waals surface area contributed by atoms with Crippen molar-refractivity contribution in [1.82, 2.24) is 15.2 Å². The van der Waals surface area contributed by atoms with Gasteiger partial charge in [-0.25, -0.2) is 0 Å². The molecule has 0 saturated carbocycles. The predicted octanol–water partition coefficient (Wildman–Crippen LogP) is 2.93. The molecule has 5 heteroatoms. The van der Waals surface area contributed by atoms with Crippen molar-refractivity contribution in [2.45, 2.75) is 46.1 Å². The highest BCUT2D eigenvalue weighted by Crippen LogP contribution is 2.15. The number of nitrogens with zero attached hydrogens (tertiary/aromatic N) is 2. The van der Waals surface area contributed by atoms with Crippen LogP contribution in [0.4, 0.5) is 0 Å². The first-order valence-electron chi connectivity index (χ1n) is 9.18. The van der Waals surface area contributed by atoms with Crippen LogP contribution in [0.2, 0.25) is 0 Å². The number of pyridine rings is 1. The first-order valence-corrected chi connectivity index (χ1v) is 9.18. The summed E-state index contributed by atoms with van der Waals surface area (Å²) in [5.74, 6) is 0.0810. The van der Waals surface area contributed by atoms with Gasteiger partial charge in [-0.1, -0.05) is 18.2 Å². The first-order chi connectivity index (χ1) is 12.5. The number of hydrogen-bond acceptors (Lipinski definition) is 4. The van der Waals surface area contributed by atoms with Crippen molar-refractivity contribution in [2.24, 2.45) is 0 Å². The Hall–Kier alpha value is -2.24. The Morgan fingerprint density at radius 3 is 2.50 bits per heavy atom. The number of hydrogen-bond donors (Lipinski definition) is 1. The number of carbonyl (C=O) groups is 1. The molecule has 1 saturated heterocycles. The molecule has 1 aliphatic rings. The zero-order valence-corrected chi connectivity index (χ0v) is 15.7. The standard InChI is InChI=1S/C21H27N3O2/c1-15-13-24(14-16(2)26-15)21(25)19-8-6-18(7-9-19)11-22-12-20-5-4-10-23-17(20)3/h4-10,15-16,22H,11-14H2,1-3H3. The van der Waals surface area contributed by atoms with Crippen LogP contribution >= 0.6 is 0 Å². The predicted molar refractivity (Wildman–Crippen MR) is 102 cm³/mol. The van der Waals surface area contributed by atoms with E-state index in [0.717, 1.165) is 29.9 Å². The lowest BCUT2D eigenvalue weighted by atomic mass is 10.1. The molecule has 1 N–H and O–H groups in total. The fraction of sp³-hybridized carbons (Fsp3) is 0.429. The minimum Gasteiger partial charge on any atom is -0.372 e. The van der Waals surface area contributed by atoms with Gasteiger partial charge in [0.1, 0.15) is 0 Å². The molecule has 5 nitrogen and oxygen atoms in total. The molecule has 2 atom stereocenters. The van der Waals surface area contributed by atoms with Gasteiger partial charge in [0.2, 0.25) is 0 Å². The number of benzene rings is 1. The van der Waals surface area contributed by atoms with Crippen LogP contribution in [0.25, 0.3) is 0 Å².